The Balaban J connectivity index is 0.00000784. The van der Waals surface area contributed by atoms with Crippen molar-refractivity contribution in [1.82, 2.24) is 9.55 Å². The SMILES string of the molecule is CC(C)(C)c1cc(-c2cc(C(C)(C)C)cc(-c3c(F)c(F)c(F)c(F)c3F)c2N2[CH-]N(c3[c-]c(Oc4[c-]c5c(cc4)c4ccccc4n5-c4cc(C(C)(C)C)ccn4)cc(-c4ccc(-c5ccccc5)cc4)c3)c3ccccc32)cc(C(C)(C)C)c1.[Pt]. The molecule has 0 atom stereocenters. The quantitative estimate of drug-likeness (QED) is 0.0624. The summed E-state index contributed by atoms with van der Waals surface area (Å²) in [6.07, 6.45) is 1.84. The summed E-state index contributed by atoms with van der Waals surface area (Å²) in [5.74, 6) is -8.66. The van der Waals surface area contributed by atoms with E-state index in [0.717, 1.165) is 66.6 Å². The number of ether oxygens (including phenoxy) is 1. The molecule has 0 spiro atoms. The van der Waals surface area contributed by atoms with E-state index in [1.807, 2.05) is 123 Å². The van der Waals surface area contributed by atoms with E-state index in [1.165, 1.54) is 0 Å². The van der Waals surface area contributed by atoms with E-state index in [9.17, 15) is 0 Å². The predicted octanol–water partition coefficient (Wildman–Crippen LogP) is 21.5. The van der Waals surface area contributed by atoms with Crippen LogP contribution in [0.3, 0.4) is 0 Å². The number of nitrogens with zero attached hydrogens (tertiary/aromatic N) is 4. The van der Waals surface area contributed by atoms with Gasteiger partial charge in [-0.25, -0.2) is 26.9 Å². The molecule has 0 aliphatic carbocycles. The van der Waals surface area contributed by atoms with Crippen LogP contribution in [0.4, 0.5) is 44.7 Å². The third-order valence-electron chi connectivity index (χ3n) is 16.3. The van der Waals surface area contributed by atoms with E-state index in [-0.39, 0.29) is 48.6 Å². The smallest absolute Gasteiger partial charge is 0.200 e. The third kappa shape index (κ3) is 11.3. The molecule has 0 saturated heterocycles. The van der Waals surface area contributed by atoms with Crippen molar-refractivity contribution in [3.8, 4) is 61.8 Å². The van der Waals surface area contributed by atoms with Gasteiger partial charge in [-0.2, -0.15) is 6.07 Å². The minimum atomic E-state index is -2.24. The number of anilines is 4. The minimum Gasteiger partial charge on any atom is -0.509 e. The fourth-order valence-electron chi connectivity index (χ4n) is 11.4. The van der Waals surface area contributed by atoms with Crippen LogP contribution < -0.4 is 14.5 Å². The van der Waals surface area contributed by atoms with E-state index in [1.54, 1.807) is 17.6 Å². The average Bonchev–Trinajstić information content (AvgIpc) is 2.06. The van der Waals surface area contributed by atoms with E-state index >= 15 is 22.0 Å². The Labute approximate surface area is 521 Å². The molecule has 0 N–H and O–H groups in total. The molecule has 0 unspecified atom stereocenters. The van der Waals surface area contributed by atoms with Crippen LogP contribution >= 0.6 is 0 Å². The second-order valence-corrected chi connectivity index (χ2v) is 26.5. The van der Waals surface area contributed by atoms with Crippen molar-refractivity contribution >= 4 is 44.6 Å². The minimum absolute atomic E-state index is 0. The third-order valence-corrected chi connectivity index (χ3v) is 16.3. The largest absolute Gasteiger partial charge is 0.509 e. The van der Waals surface area contributed by atoms with Crippen molar-refractivity contribution in [3.05, 3.63) is 246 Å². The number of pyridine rings is 1. The predicted molar refractivity (Wildman–Crippen MR) is 341 cm³/mol. The summed E-state index contributed by atoms with van der Waals surface area (Å²) in [5.41, 5.74) is 9.64. The molecule has 0 amide bonds. The van der Waals surface area contributed by atoms with E-state index < -0.39 is 40.1 Å². The topological polar surface area (TPSA) is 33.5 Å². The van der Waals surface area contributed by atoms with Gasteiger partial charge in [0.05, 0.1) is 5.56 Å². The van der Waals surface area contributed by atoms with Gasteiger partial charge in [-0.05, 0) is 114 Å². The molecule has 0 radical (unpaired) electrons. The first-order valence-corrected chi connectivity index (χ1v) is 29.0. The molecule has 3 heterocycles. The first kappa shape index (κ1) is 60.4. The second kappa shape index (κ2) is 22.4. The van der Waals surface area contributed by atoms with Gasteiger partial charge in [0.2, 0.25) is 5.82 Å². The molecule has 87 heavy (non-hydrogen) atoms. The van der Waals surface area contributed by atoms with Crippen molar-refractivity contribution in [3.63, 3.8) is 0 Å². The fourth-order valence-corrected chi connectivity index (χ4v) is 11.4. The Hall–Kier alpha value is -8.33. The van der Waals surface area contributed by atoms with Gasteiger partial charge < -0.3 is 19.1 Å². The zero-order chi connectivity index (χ0) is 60.9. The Morgan fingerprint density at radius 1 is 0.425 bits per heavy atom. The number of rotatable bonds is 9. The van der Waals surface area contributed by atoms with Gasteiger partial charge in [0.25, 0.3) is 0 Å². The Bertz CT molecular complexity index is 4410. The van der Waals surface area contributed by atoms with Crippen molar-refractivity contribution in [2.24, 2.45) is 0 Å². The standard InChI is InChI=1S/C76H66F5N4O.Pt/c1-73(2,3)50-32-33-82-65(41-50)85-61-23-17-16-22-57(61)58-31-30-55(43-64(58)85)86-56-37-48(47-28-26-46(27-29-47)45-20-14-13-15-21-45)36-54(42-56)83-44-84(63-25-19-18-24-62(63)83)72-59(49-34-51(74(4,5)6)38-52(35-49)75(7,8)9)39-53(76(10,11)12)40-60(72)66-67(77)69(79)71(81)70(80)68(66)78;/h13-41,44H,1-12H3;/q-3;. The number of benzene rings is 9. The number of hydrogen-bond donors (Lipinski definition) is 0. The van der Waals surface area contributed by atoms with Crippen LogP contribution in [0.2, 0.25) is 0 Å². The summed E-state index contributed by atoms with van der Waals surface area (Å²) >= 11 is 0. The van der Waals surface area contributed by atoms with Gasteiger partial charge in [0.15, 0.2) is 23.3 Å². The second-order valence-electron chi connectivity index (χ2n) is 26.5. The van der Waals surface area contributed by atoms with Gasteiger partial charge in [-0.15, -0.1) is 53.6 Å². The summed E-state index contributed by atoms with van der Waals surface area (Å²) < 4.78 is 89.6. The molecular weight excluding hydrogens is 1270 g/mol. The van der Waals surface area contributed by atoms with Crippen LogP contribution in [0.15, 0.2) is 176 Å². The summed E-state index contributed by atoms with van der Waals surface area (Å²) in [4.78, 5) is 8.60. The van der Waals surface area contributed by atoms with Gasteiger partial charge in [-0.1, -0.05) is 192 Å². The van der Waals surface area contributed by atoms with Crippen LogP contribution in [-0.4, -0.2) is 9.55 Å². The van der Waals surface area contributed by atoms with E-state index in [2.05, 4.69) is 152 Å². The van der Waals surface area contributed by atoms with Crippen molar-refractivity contribution < 1.29 is 47.8 Å². The molecule has 12 rings (SSSR count). The molecular formula is C76H66F5N4OPt-3. The van der Waals surface area contributed by atoms with E-state index in [0.29, 0.717) is 45.3 Å². The molecule has 11 aromatic rings. The Morgan fingerprint density at radius 2 is 0.954 bits per heavy atom. The normalized spacial score (nSPS) is 12.9. The molecule has 9 aromatic carbocycles. The average molecular weight is 1340 g/mol. The molecule has 0 bridgehead atoms. The maximum absolute atomic E-state index is 16.9. The first-order chi connectivity index (χ1) is 40.7. The van der Waals surface area contributed by atoms with Crippen LogP contribution in [0, 0.1) is 47.9 Å². The number of halogens is 5. The maximum atomic E-state index is 16.9. The van der Waals surface area contributed by atoms with Gasteiger partial charge in [0, 0.05) is 72.5 Å². The molecule has 1 aliphatic heterocycles. The monoisotopic (exact) mass is 1340 g/mol. The van der Waals surface area contributed by atoms with Crippen LogP contribution in [0.1, 0.15) is 105 Å². The molecule has 5 nitrogen and oxygen atoms in total. The van der Waals surface area contributed by atoms with Crippen molar-refractivity contribution in [2.75, 3.05) is 9.80 Å². The number of aromatic nitrogens is 2. The fraction of sp³-hybridized carbons (Fsp3) is 0.211. The Kier molecular flexibility index (Phi) is 15.6. The van der Waals surface area contributed by atoms with Gasteiger partial charge in [0.1, 0.15) is 5.82 Å². The van der Waals surface area contributed by atoms with Crippen LogP contribution in [0.25, 0.3) is 72.1 Å². The summed E-state index contributed by atoms with van der Waals surface area (Å²) in [5, 5.41) is 2.00. The van der Waals surface area contributed by atoms with Crippen molar-refractivity contribution in [1.29, 1.82) is 0 Å². The zero-order valence-electron chi connectivity index (χ0n) is 50.7. The van der Waals surface area contributed by atoms with Crippen molar-refractivity contribution in [2.45, 2.75) is 105 Å². The molecule has 1 aliphatic rings. The number of para-hydroxylation sites is 3. The van der Waals surface area contributed by atoms with Crippen LogP contribution in [0.5, 0.6) is 11.5 Å². The molecule has 0 fully saturated rings. The van der Waals surface area contributed by atoms with Gasteiger partial charge in [-0.3, -0.25) is 0 Å². The molecule has 0 saturated carbocycles. The van der Waals surface area contributed by atoms with Crippen LogP contribution in [-0.2, 0) is 42.7 Å². The summed E-state index contributed by atoms with van der Waals surface area (Å²) in [6, 6.07) is 63.3. The van der Waals surface area contributed by atoms with E-state index in [4.69, 9.17) is 9.72 Å². The first-order valence-electron chi connectivity index (χ1n) is 29.0. The molecule has 11 heteroatoms. The maximum Gasteiger partial charge on any atom is 0.200 e. The zero-order valence-corrected chi connectivity index (χ0v) is 53.0. The molecule has 444 valence electrons. The summed E-state index contributed by atoms with van der Waals surface area (Å²) in [6.45, 7) is 26.9. The molecule has 2 aromatic heterocycles. The Morgan fingerprint density at radius 3 is 1.57 bits per heavy atom. The number of hydrogen-bond acceptors (Lipinski definition) is 4. The summed E-state index contributed by atoms with van der Waals surface area (Å²) in [7, 11) is 0. The number of fused-ring (bicyclic) bond motifs is 4. The van der Waals surface area contributed by atoms with Gasteiger partial charge >= 0.3 is 0 Å².